The number of carbonyl (C=O) groups is 3. The van der Waals surface area contributed by atoms with Crippen LogP contribution in [0.2, 0.25) is 0 Å². The molecule has 17 heavy (non-hydrogen) atoms. The Hall–Kier alpha value is -1.90. The number of hydrogen-bond acceptors (Lipinski definition) is 5. The minimum absolute atomic E-state index is 0.0139. The Morgan fingerprint density at radius 2 is 1.76 bits per heavy atom. The van der Waals surface area contributed by atoms with E-state index in [1.807, 2.05) is 0 Å². The van der Waals surface area contributed by atoms with Crippen LogP contribution in [0.25, 0.3) is 0 Å². The van der Waals surface area contributed by atoms with Gasteiger partial charge in [-0.25, -0.2) is 4.79 Å². The molecule has 1 aliphatic heterocycles. The van der Waals surface area contributed by atoms with E-state index in [4.69, 9.17) is 5.11 Å². The van der Waals surface area contributed by atoms with Gasteiger partial charge in [-0.3, -0.25) is 18.7 Å². The third-order valence-electron chi connectivity index (χ3n) is 2.22. The van der Waals surface area contributed by atoms with Crippen molar-refractivity contribution in [3.63, 3.8) is 0 Å². The van der Waals surface area contributed by atoms with E-state index in [1.165, 1.54) is 24.3 Å². The fourth-order valence-corrected chi connectivity index (χ4v) is 3.05. The van der Waals surface area contributed by atoms with Crippen LogP contribution < -0.4 is 0 Å². The maximum Gasteiger partial charge on any atom is 0.396 e. The smallest absolute Gasteiger partial charge is 0.396 e. The largest absolute Gasteiger partial charge is 0.474 e. The van der Waals surface area contributed by atoms with Crippen molar-refractivity contribution in [1.82, 2.24) is 4.31 Å². The number of carboxylic acids is 1. The zero-order chi connectivity index (χ0) is 12.8. The molecule has 1 heterocycles. The summed E-state index contributed by atoms with van der Waals surface area (Å²) >= 11 is 0. The van der Waals surface area contributed by atoms with Gasteiger partial charge in [-0.15, -0.1) is 0 Å². The number of aliphatic carboxylic acids is 1. The highest BCUT2D eigenvalue weighted by atomic mass is 32.3. The number of nitrogens with zero attached hydrogens (tertiary/aromatic N) is 1. The SMILES string of the molecule is O=C(O)C(=O)N1C(=O)c2ccccc2S1(O)O. The van der Waals surface area contributed by atoms with Gasteiger partial charge in [0.15, 0.2) is 0 Å². The topological polar surface area (TPSA) is 115 Å². The summed E-state index contributed by atoms with van der Waals surface area (Å²) in [4.78, 5) is 33.3. The second-order valence-electron chi connectivity index (χ2n) is 3.22. The lowest BCUT2D eigenvalue weighted by atomic mass is 10.2. The maximum absolute atomic E-state index is 11.7. The van der Waals surface area contributed by atoms with Crippen LogP contribution in [0.1, 0.15) is 10.4 Å². The van der Waals surface area contributed by atoms with E-state index in [0.29, 0.717) is 0 Å². The van der Waals surface area contributed by atoms with Crippen LogP contribution in [0.3, 0.4) is 0 Å². The molecular weight excluding hydrogens is 250 g/mol. The van der Waals surface area contributed by atoms with Gasteiger partial charge in [0.05, 0.1) is 10.5 Å². The first kappa shape index (κ1) is 11.6. The van der Waals surface area contributed by atoms with Gasteiger partial charge in [0.1, 0.15) is 0 Å². The molecule has 0 saturated heterocycles. The van der Waals surface area contributed by atoms with Crippen LogP contribution in [0, 0.1) is 0 Å². The Morgan fingerprint density at radius 1 is 1.18 bits per heavy atom. The van der Waals surface area contributed by atoms with Crippen molar-refractivity contribution in [3.05, 3.63) is 29.8 Å². The molecule has 0 atom stereocenters. The standard InChI is InChI=1S/C9H7NO6S/c11-7-5-3-1-2-4-6(5)17(15,16)10(7)8(12)9(13)14/h1-4,15-16H,(H,13,14). The highest BCUT2D eigenvalue weighted by Gasteiger charge is 2.47. The molecule has 0 aliphatic carbocycles. The van der Waals surface area contributed by atoms with Gasteiger partial charge in [0, 0.05) is 0 Å². The minimum atomic E-state index is -3.89. The van der Waals surface area contributed by atoms with Gasteiger partial charge >= 0.3 is 11.9 Å². The Kier molecular flexibility index (Phi) is 2.42. The normalized spacial score (nSPS) is 18.7. The van der Waals surface area contributed by atoms with E-state index >= 15 is 0 Å². The predicted octanol–water partition coefficient (Wildman–Crippen LogP) is 0.778. The second-order valence-corrected chi connectivity index (χ2v) is 5.07. The minimum Gasteiger partial charge on any atom is -0.474 e. The van der Waals surface area contributed by atoms with Gasteiger partial charge in [-0.1, -0.05) is 22.9 Å². The van der Waals surface area contributed by atoms with E-state index in [-0.39, 0.29) is 14.8 Å². The number of amides is 2. The van der Waals surface area contributed by atoms with Crippen molar-refractivity contribution in [2.45, 2.75) is 4.90 Å². The summed E-state index contributed by atoms with van der Waals surface area (Å²) in [6, 6.07) is 5.48. The summed E-state index contributed by atoms with van der Waals surface area (Å²) in [5.41, 5.74) is -0.0814. The molecule has 1 aromatic carbocycles. The third-order valence-corrected chi connectivity index (χ3v) is 4.01. The number of rotatable bonds is 0. The first-order chi connectivity index (χ1) is 7.87. The van der Waals surface area contributed by atoms with E-state index in [0.717, 1.165) is 0 Å². The highest BCUT2D eigenvalue weighted by Crippen LogP contribution is 2.58. The average Bonchev–Trinajstić information content (AvgIpc) is 2.47. The van der Waals surface area contributed by atoms with E-state index in [9.17, 15) is 23.5 Å². The van der Waals surface area contributed by atoms with Crippen molar-refractivity contribution < 1.29 is 28.6 Å². The van der Waals surface area contributed by atoms with Crippen molar-refractivity contribution in [1.29, 1.82) is 0 Å². The Morgan fingerprint density at radius 3 is 2.29 bits per heavy atom. The average molecular weight is 257 g/mol. The van der Waals surface area contributed by atoms with Gasteiger partial charge in [-0.05, 0) is 12.1 Å². The van der Waals surface area contributed by atoms with Crippen LogP contribution in [0.4, 0.5) is 0 Å². The summed E-state index contributed by atoms with van der Waals surface area (Å²) < 4.78 is 19.5. The molecule has 0 fully saturated rings. The summed E-state index contributed by atoms with van der Waals surface area (Å²) in [5, 5.41) is 8.52. The molecule has 0 radical (unpaired) electrons. The molecule has 3 N–H and O–H groups in total. The summed E-state index contributed by atoms with van der Waals surface area (Å²) in [5.74, 6) is -4.61. The molecule has 90 valence electrons. The van der Waals surface area contributed by atoms with Crippen molar-refractivity contribution in [2.75, 3.05) is 0 Å². The maximum atomic E-state index is 11.7. The van der Waals surface area contributed by atoms with Crippen LogP contribution in [0.15, 0.2) is 29.2 Å². The number of imide groups is 1. The zero-order valence-corrected chi connectivity index (χ0v) is 9.05. The van der Waals surface area contributed by atoms with Gasteiger partial charge in [0.2, 0.25) is 0 Å². The Bertz CT molecular complexity index is 540. The lowest BCUT2D eigenvalue weighted by molar-refractivity contribution is -0.152. The quantitative estimate of drug-likeness (QED) is 0.591. The second kappa shape index (κ2) is 3.55. The van der Waals surface area contributed by atoms with E-state index < -0.39 is 28.6 Å². The van der Waals surface area contributed by atoms with Crippen molar-refractivity contribution >= 4 is 28.6 Å². The number of fused-ring (bicyclic) bond motifs is 1. The highest BCUT2D eigenvalue weighted by molar-refractivity contribution is 8.23. The third kappa shape index (κ3) is 1.50. The molecule has 2 amide bonds. The van der Waals surface area contributed by atoms with Crippen LogP contribution >= 0.6 is 10.8 Å². The van der Waals surface area contributed by atoms with Crippen LogP contribution in [0.5, 0.6) is 0 Å². The van der Waals surface area contributed by atoms with Gasteiger partial charge < -0.3 is 5.11 Å². The molecule has 1 aliphatic rings. The van der Waals surface area contributed by atoms with E-state index in [2.05, 4.69) is 0 Å². The lowest BCUT2D eigenvalue weighted by Crippen LogP contribution is -2.38. The predicted molar refractivity (Wildman–Crippen MR) is 56.4 cm³/mol. The first-order valence-electron chi connectivity index (χ1n) is 4.36. The molecule has 2 rings (SSSR count). The summed E-state index contributed by atoms with van der Waals surface area (Å²) in [7, 11) is -3.89. The van der Waals surface area contributed by atoms with Crippen molar-refractivity contribution in [2.24, 2.45) is 0 Å². The molecule has 0 spiro atoms. The van der Waals surface area contributed by atoms with Gasteiger partial charge in [0.25, 0.3) is 5.91 Å². The van der Waals surface area contributed by atoms with Crippen LogP contribution in [-0.2, 0) is 9.59 Å². The molecular formula is C9H7NO6S. The molecule has 0 aromatic heterocycles. The lowest BCUT2D eigenvalue weighted by Gasteiger charge is -2.33. The number of hydrogen-bond donors (Lipinski definition) is 3. The number of benzene rings is 1. The van der Waals surface area contributed by atoms with E-state index in [1.54, 1.807) is 0 Å². The molecule has 0 unspecified atom stereocenters. The molecule has 7 nitrogen and oxygen atoms in total. The number of carbonyl (C=O) groups excluding carboxylic acids is 2. The summed E-state index contributed by atoms with van der Waals surface area (Å²) in [6.45, 7) is 0. The van der Waals surface area contributed by atoms with Crippen molar-refractivity contribution in [3.8, 4) is 0 Å². The van der Waals surface area contributed by atoms with Gasteiger partial charge in [-0.2, -0.15) is 4.31 Å². The fraction of sp³-hybridized carbons (Fsp3) is 0. The Labute approximate surface area is 96.8 Å². The monoisotopic (exact) mass is 257 g/mol. The molecule has 1 aromatic rings. The zero-order valence-electron chi connectivity index (χ0n) is 8.23. The van der Waals surface area contributed by atoms with Crippen LogP contribution in [-0.4, -0.2) is 36.3 Å². The molecule has 8 heteroatoms. The molecule has 0 bridgehead atoms. The Balaban J connectivity index is 2.58. The summed E-state index contributed by atoms with van der Waals surface area (Å²) in [6.07, 6.45) is 0. The number of carboxylic acid groups (broad SMARTS) is 1. The first-order valence-corrected chi connectivity index (χ1v) is 5.87. The molecule has 0 saturated carbocycles. The fourth-order valence-electron chi connectivity index (χ4n) is 1.50.